The summed E-state index contributed by atoms with van der Waals surface area (Å²) in [4.78, 5) is 2.33. The van der Waals surface area contributed by atoms with Gasteiger partial charge in [-0.3, -0.25) is 0 Å². The predicted molar refractivity (Wildman–Crippen MR) is 77.1 cm³/mol. The van der Waals surface area contributed by atoms with Gasteiger partial charge in [0.2, 0.25) is 0 Å². The molecule has 0 unspecified atom stereocenters. The van der Waals surface area contributed by atoms with E-state index in [1.54, 1.807) is 0 Å². The van der Waals surface area contributed by atoms with Crippen LogP contribution in [-0.2, 0) is 6.61 Å². The van der Waals surface area contributed by atoms with E-state index in [1.807, 2.05) is 18.2 Å². The van der Waals surface area contributed by atoms with Crippen LogP contribution in [-0.4, -0.2) is 18.2 Å². The summed E-state index contributed by atoms with van der Waals surface area (Å²) >= 11 is 6.29. The highest BCUT2D eigenvalue weighted by Crippen LogP contribution is 2.34. The molecule has 0 atom stereocenters. The van der Waals surface area contributed by atoms with Crippen molar-refractivity contribution in [3.63, 3.8) is 0 Å². The van der Waals surface area contributed by atoms with Crippen LogP contribution in [0.5, 0.6) is 0 Å². The van der Waals surface area contributed by atoms with Crippen LogP contribution in [0.2, 0.25) is 5.02 Å². The number of hydrogen-bond acceptors (Lipinski definition) is 2. The Morgan fingerprint density at radius 3 is 2.56 bits per heavy atom. The molecule has 1 fully saturated rings. The highest BCUT2D eigenvalue weighted by atomic mass is 35.5. The second-order valence-corrected chi connectivity index (χ2v) is 5.88. The van der Waals surface area contributed by atoms with Gasteiger partial charge in [0.1, 0.15) is 0 Å². The summed E-state index contributed by atoms with van der Waals surface area (Å²) in [7, 11) is 0. The van der Waals surface area contributed by atoms with Gasteiger partial charge in [0.15, 0.2) is 0 Å². The maximum absolute atomic E-state index is 9.43. The van der Waals surface area contributed by atoms with Crippen LogP contribution in [0, 0.1) is 11.8 Å². The number of hydrogen-bond donors (Lipinski definition) is 1. The van der Waals surface area contributed by atoms with Crippen molar-refractivity contribution in [1.29, 1.82) is 0 Å². The third-order valence-corrected chi connectivity index (χ3v) is 4.34. The fourth-order valence-electron chi connectivity index (χ4n) is 2.83. The lowest BCUT2D eigenvalue weighted by Gasteiger charge is -2.36. The normalized spacial score (nSPS) is 17.5. The molecule has 2 nitrogen and oxygen atoms in total. The fourth-order valence-corrected chi connectivity index (χ4v) is 3.15. The minimum Gasteiger partial charge on any atom is -0.392 e. The van der Waals surface area contributed by atoms with Gasteiger partial charge >= 0.3 is 0 Å². The molecule has 0 saturated carbocycles. The monoisotopic (exact) mass is 267 g/mol. The van der Waals surface area contributed by atoms with Crippen molar-refractivity contribution in [3.05, 3.63) is 28.8 Å². The number of anilines is 1. The summed E-state index contributed by atoms with van der Waals surface area (Å²) < 4.78 is 0. The molecule has 2 rings (SSSR count). The fraction of sp³-hybridized carbons (Fsp3) is 0.600. The van der Waals surface area contributed by atoms with E-state index in [1.165, 1.54) is 12.8 Å². The minimum absolute atomic E-state index is 0.0556. The molecule has 100 valence electrons. The first kappa shape index (κ1) is 13.7. The number of aliphatic hydroxyl groups excluding tert-OH is 1. The van der Waals surface area contributed by atoms with Crippen LogP contribution in [0.1, 0.15) is 32.3 Å². The van der Waals surface area contributed by atoms with E-state index in [0.717, 1.165) is 41.2 Å². The standard InChI is InChI=1S/C15H22ClNO/c1-11(2)12-6-8-17(9-7-12)15-13(10-18)4-3-5-14(15)16/h3-5,11-12,18H,6-10H2,1-2H3. The number of aliphatic hydroxyl groups is 1. The lowest BCUT2D eigenvalue weighted by molar-refractivity contribution is 0.280. The summed E-state index contributed by atoms with van der Waals surface area (Å²) in [5.74, 6) is 1.58. The molecule has 0 radical (unpaired) electrons. The second-order valence-electron chi connectivity index (χ2n) is 5.47. The van der Waals surface area contributed by atoms with Crippen molar-refractivity contribution >= 4 is 17.3 Å². The van der Waals surface area contributed by atoms with Crippen LogP contribution >= 0.6 is 11.6 Å². The van der Waals surface area contributed by atoms with Crippen molar-refractivity contribution in [1.82, 2.24) is 0 Å². The van der Waals surface area contributed by atoms with Crippen LogP contribution in [0.25, 0.3) is 0 Å². The first-order valence-electron chi connectivity index (χ1n) is 6.76. The summed E-state index contributed by atoms with van der Waals surface area (Å²) in [6.07, 6.45) is 2.43. The highest BCUT2D eigenvalue weighted by Gasteiger charge is 2.24. The number of para-hydroxylation sites is 1. The molecule has 1 aliphatic heterocycles. The maximum atomic E-state index is 9.43. The number of halogens is 1. The molecule has 3 heteroatoms. The van der Waals surface area contributed by atoms with Gasteiger partial charge in [-0.25, -0.2) is 0 Å². The molecule has 0 spiro atoms. The van der Waals surface area contributed by atoms with E-state index in [-0.39, 0.29) is 6.61 Å². The van der Waals surface area contributed by atoms with Crippen molar-refractivity contribution in [2.45, 2.75) is 33.3 Å². The third-order valence-electron chi connectivity index (χ3n) is 4.04. The molecule has 1 aliphatic rings. The Bertz CT molecular complexity index is 397. The van der Waals surface area contributed by atoms with Gasteiger partial charge in [-0.2, -0.15) is 0 Å². The van der Waals surface area contributed by atoms with E-state index in [4.69, 9.17) is 11.6 Å². The largest absolute Gasteiger partial charge is 0.392 e. The van der Waals surface area contributed by atoms with Gasteiger partial charge in [0.05, 0.1) is 17.3 Å². The second kappa shape index (κ2) is 5.94. The van der Waals surface area contributed by atoms with E-state index in [0.29, 0.717) is 0 Å². The lowest BCUT2D eigenvalue weighted by atomic mass is 9.86. The van der Waals surface area contributed by atoms with E-state index in [9.17, 15) is 5.11 Å². The molecule has 18 heavy (non-hydrogen) atoms. The van der Waals surface area contributed by atoms with E-state index in [2.05, 4.69) is 18.7 Å². The Labute approximate surface area is 115 Å². The van der Waals surface area contributed by atoms with E-state index < -0.39 is 0 Å². The summed E-state index contributed by atoms with van der Waals surface area (Å²) in [5.41, 5.74) is 1.97. The molecule has 1 aromatic carbocycles. The molecule has 0 bridgehead atoms. The Kier molecular flexibility index (Phi) is 4.52. The first-order chi connectivity index (χ1) is 8.63. The average Bonchev–Trinajstić information content (AvgIpc) is 2.38. The molecule has 0 aromatic heterocycles. The Hall–Kier alpha value is -0.730. The highest BCUT2D eigenvalue weighted by molar-refractivity contribution is 6.33. The van der Waals surface area contributed by atoms with Crippen molar-refractivity contribution in [2.75, 3.05) is 18.0 Å². The maximum Gasteiger partial charge on any atom is 0.0702 e. The smallest absolute Gasteiger partial charge is 0.0702 e. The summed E-state index contributed by atoms with van der Waals surface area (Å²) in [6, 6.07) is 5.76. The average molecular weight is 268 g/mol. The Balaban J connectivity index is 2.14. The number of nitrogens with zero attached hydrogens (tertiary/aromatic N) is 1. The van der Waals surface area contributed by atoms with Crippen molar-refractivity contribution in [3.8, 4) is 0 Å². The molecule has 1 saturated heterocycles. The van der Waals surface area contributed by atoms with Crippen LogP contribution in [0.15, 0.2) is 18.2 Å². The zero-order valence-corrected chi connectivity index (χ0v) is 12.0. The van der Waals surface area contributed by atoms with Crippen molar-refractivity contribution in [2.24, 2.45) is 11.8 Å². The van der Waals surface area contributed by atoms with Crippen LogP contribution in [0.4, 0.5) is 5.69 Å². The SMILES string of the molecule is CC(C)C1CCN(c2c(Cl)cccc2CO)CC1. The van der Waals surface area contributed by atoms with E-state index >= 15 is 0 Å². The zero-order chi connectivity index (χ0) is 13.1. The molecule has 1 N–H and O–H groups in total. The number of benzene rings is 1. The van der Waals surface area contributed by atoms with Gasteiger partial charge in [-0.05, 0) is 30.7 Å². The molecular weight excluding hydrogens is 246 g/mol. The van der Waals surface area contributed by atoms with Gasteiger partial charge in [-0.15, -0.1) is 0 Å². The topological polar surface area (TPSA) is 23.5 Å². The predicted octanol–water partition coefficient (Wildman–Crippen LogP) is 3.70. The summed E-state index contributed by atoms with van der Waals surface area (Å²) in [5, 5.41) is 10.2. The molecule has 1 heterocycles. The molecule has 0 amide bonds. The number of piperidine rings is 1. The quantitative estimate of drug-likeness (QED) is 0.903. The van der Waals surface area contributed by atoms with Gasteiger partial charge < -0.3 is 10.0 Å². The van der Waals surface area contributed by atoms with Crippen molar-refractivity contribution < 1.29 is 5.11 Å². The van der Waals surface area contributed by atoms with Crippen LogP contribution < -0.4 is 4.90 Å². The number of rotatable bonds is 3. The Morgan fingerprint density at radius 2 is 2.00 bits per heavy atom. The Morgan fingerprint density at radius 1 is 1.33 bits per heavy atom. The minimum atomic E-state index is 0.0556. The molecule has 1 aromatic rings. The summed E-state index contributed by atoms with van der Waals surface area (Å²) in [6.45, 7) is 6.74. The van der Waals surface area contributed by atoms with Gasteiger partial charge in [0, 0.05) is 18.7 Å². The zero-order valence-electron chi connectivity index (χ0n) is 11.2. The van der Waals surface area contributed by atoms with Crippen LogP contribution in [0.3, 0.4) is 0 Å². The van der Waals surface area contributed by atoms with Gasteiger partial charge in [0.25, 0.3) is 0 Å². The lowest BCUT2D eigenvalue weighted by Crippen LogP contribution is -2.36. The molecular formula is C15H22ClNO. The first-order valence-corrected chi connectivity index (χ1v) is 7.14. The molecule has 0 aliphatic carbocycles. The van der Waals surface area contributed by atoms with Gasteiger partial charge in [-0.1, -0.05) is 37.6 Å². The third kappa shape index (κ3) is 2.81.